The Kier molecular flexibility index (Phi) is 9.06. The predicted octanol–water partition coefficient (Wildman–Crippen LogP) is 2.52. The number of aliphatic hydroxyl groups is 2. The minimum Gasteiger partial charge on any atom is -0.467 e. The molecule has 0 amide bonds. The summed E-state index contributed by atoms with van der Waals surface area (Å²) in [4.78, 5) is 25.9. The van der Waals surface area contributed by atoms with Crippen molar-refractivity contribution in [2.45, 2.75) is 74.4 Å². The van der Waals surface area contributed by atoms with Gasteiger partial charge in [0.05, 0.1) is 32.0 Å². The van der Waals surface area contributed by atoms with Crippen molar-refractivity contribution in [1.82, 2.24) is 0 Å². The van der Waals surface area contributed by atoms with Gasteiger partial charge in [-0.05, 0) is 23.3 Å². The second-order valence-electron chi connectivity index (χ2n) is 10.9. The van der Waals surface area contributed by atoms with Gasteiger partial charge in [0.2, 0.25) is 5.79 Å². The average Bonchev–Trinajstić information content (AvgIpc) is 3.34. The van der Waals surface area contributed by atoms with Crippen LogP contribution in [-0.4, -0.2) is 84.1 Å². The fraction of sp³-hybridized carbons (Fsp3) is 0.394. The molecule has 0 bridgehead atoms. The lowest BCUT2D eigenvalue weighted by Crippen LogP contribution is -2.73. The van der Waals surface area contributed by atoms with Crippen molar-refractivity contribution in [3.05, 3.63) is 108 Å². The maximum absolute atomic E-state index is 13.0. The number of fused-ring (bicyclic) bond motifs is 2. The van der Waals surface area contributed by atoms with E-state index in [1.54, 1.807) is 30.3 Å². The highest BCUT2D eigenvalue weighted by atomic mass is 16.7. The molecule has 3 saturated heterocycles. The van der Waals surface area contributed by atoms with E-state index in [0.717, 1.165) is 11.1 Å². The van der Waals surface area contributed by atoms with E-state index in [1.807, 2.05) is 60.7 Å². The maximum atomic E-state index is 13.0. The van der Waals surface area contributed by atoms with Gasteiger partial charge in [0.15, 0.2) is 18.5 Å². The number of benzene rings is 3. The van der Waals surface area contributed by atoms with Gasteiger partial charge < -0.3 is 43.4 Å². The Hall–Kier alpha value is -3.68. The van der Waals surface area contributed by atoms with Crippen LogP contribution in [0, 0.1) is 0 Å². The molecule has 11 nitrogen and oxygen atoms in total. The van der Waals surface area contributed by atoms with Crippen molar-refractivity contribution >= 4 is 11.9 Å². The van der Waals surface area contributed by atoms with Crippen LogP contribution in [0.3, 0.4) is 0 Å². The third-order valence-electron chi connectivity index (χ3n) is 8.08. The molecule has 3 aromatic carbocycles. The molecule has 3 aliphatic heterocycles. The van der Waals surface area contributed by atoms with Crippen LogP contribution < -0.4 is 0 Å². The predicted molar refractivity (Wildman–Crippen MR) is 152 cm³/mol. The van der Waals surface area contributed by atoms with E-state index in [2.05, 4.69) is 0 Å². The van der Waals surface area contributed by atoms with E-state index in [9.17, 15) is 19.8 Å². The zero-order valence-electron chi connectivity index (χ0n) is 24.0. The Balaban J connectivity index is 1.31. The molecule has 0 spiro atoms. The molecule has 6 rings (SSSR count). The van der Waals surface area contributed by atoms with Crippen LogP contribution in [0.2, 0.25) is 0 Å². The lowest BCUT2D eigenvalue weighted by atomic mass is 9.84. The second-order valence-corrected chi connectivity index (χ2v) is 10.9. The number of ether oxygens (including phenoxy) is 7. The molecule has 0 radical (unpaired) electrons. The summed E-state index contributed by atoms with van der Waals surface area (Å²) in [6, 6.07) is 26.9. The Morgan fingerprint density at radius 3 is 2.05 bits per heavy atom. The highest BCUT2D eigenvalue weighted by Gasteiger charge is 2.67. The van der Waals surface area contributed by atoms with Gasteiger partial charge in [-0.3, -0.25) is 0 Å². The van der Waals surface area contributed by atoms with Crippen LogP contribution in [0.15, 0.2) is 91.0 Å². The van der Waals surface area contributed by atoms with Crippen LogP contribution in [0.5, 0.6) is 0 Å². The summed E-state index contributed by atoms with van der Waals surface area (Å²) in [7, 11) is 1.23. The fourth-order valence-electron chi connectivity index (χ4n) is 5.88. The second kappa shape index (κ2) is 13.1. The van der Waals surface area contributed by atoms with Crippen LogP contribution in [-0.2, 0) is 51.2 Å². The normalized spacial score (nSPS) is 32.7. The standard InChI is InChI=1S/C33H34O11/c1-38-31(35)28-26(39-18-20-11-5-2-6-12-20)29(40-19-21-13-7-3-8-14-21)33(37)24(42-28)17-23-25(44-33)27(32(36)41-23)43-30(34)22-15-9-4-10-16-22/h2-16,23-29,32,36-37H,17-19H2,1H3/t23-,24-,25+,26-,27+,28+,29+,32?,33-/m1/s1. The molecule has 44 heavy (non-hydrogen) atoms. The molecule has 1 unspecified atom stereocenters. The van der Waals surface area contributed by atoms with E-state index < -0.39 is 66.7 Å². The van der Waals surface area contributed by atoms with E-state index in [0.29, 0.717) is 0 Å². The van der Waals surface area contributed by atoms with Crippen molar-refractivity contribution in [1.29, 1.82) is 0 Å². The van der Waals surface area contributed by atoms with Crippen molar-refractivity contribution in [2.24, 2.45) is 0 Å². The number of esters is 2. The number of carbonyl (C=O) groups excluding carboxylic acids is 2. The number of carbonyl (C=O) groups is 2. The van der Waals surface area contributed by atoms with E-state index in [-0.39, 0.29) is 25.2 Å². The number of aliphatic hydroxyl groups excluding tert-OH is 1. The largest absolute Gasteiger partial charge is 0.467 e. The highest BCUT2D eigenvalue weighted by molar-refractivity contribution is 5.89. The van der Waals surface area contributed by atoms with Gasteiger partial charge in [0.25, 0.3) is 0 Å². The summed E-state index contributed by atoms with van der Waals surface area (Å²) in [5, 5.41) is 23.0. The number of rotatable bonds is 9. The summed E-state index contributed by atoms with van der Waals surface area (Å²) in [6.45, 7) is 0.113. The number of hydrogen-bond donors (Lipinski definition) is 2. The summed E-state index contributed by atoms with van der Waals surface area (Å²) < 4.78 is 41.4. The minimum absolute atomic E-state index is 0.0122. The first-order valence-electron chi connectivity index (χ1n) is 14.4. The molecule has 2 N–H and O–H groups in total. The topological polar surface area (TPSA) is 139 Å². The van der Waals surface area contributed by atoms with Gasteiger partial charge in [-0.1, -0.05) is 78.9 Å². The fourth-order valence-corrected chi connectivity index (χ4v) is 5.88. The van der Waals surface area contributed by atoms with Gasteiger partial charge in [-0.2, -0.15) is 0 Å². The first kappa shape index (κ1) is 30.4. The third-order valence-corrected chi connectivity index (χ3v) is 8.08. The molecule has 11 heteroatoms. The van der Waals surface area contributed by atoms with Crippen LogP contribution in [0.4, 0.5) is 0 Å². The van der Waals surface area contributed by atoms with Crippen molar-refractivity contribution in [3.8, 4) is 0 Å². The Morgan fingerprint density at radius 2 is 1.43 bits per heavy atom. The highest BCUT2D eigenvalue weighted by Crippen LogP contribution is 2.46. The molecule has 232 valence electrons. The van der Waals surface area contributed by atoms with E-state index in [4.69, 9.17) is 33.2 Å². The van der Waals surface area contributed by atoms with Crippen LogP contribution in [0.1, 0.15) is 27.9 Å². The Morgan fingerprint density at radius 1 is 0.841 bits per heavy atom. The molecule has 3 fully saturated rings. The van der Waals surface area contributed by atoms with E-state index >= 15 is 0 Å². The molecular formula is C33H34O11. The van der Waals surface area contributed by atoms with Crippen molar-refractivity contribution in [2.75, 3.05) is 7.11 Å². The monoisotopic (exact) mass is 606 g/mol. The van der Waals surface area contributed by atoms with Gasteiger partial charge >= 0.3 is 11.9 Å². The van der Waals surface area contributed by atoms with Gasteiger partial charge in [-0.25, -0.2) is 9.59 Å². The molecule has 0 saturated carbocycles. The molecule has 3 aromatic rings. The number of hydrogen-bond acceptors (Lipinski definition) is 11. The zero-order chi connectivity index (χ0) is 30.7. The zero-order valence-corrected chi connectivity index (χ0v) is 24.0. The van der Waals surface area contributed by atoms with Crippen LogP contribution in [0.25, 0.3) is 0 Å². The molecular weight excluding hydrogens is 572 g/mol. The molecule has 0 aliphatic carbocycles. The van der Waals surface area contributed by atoms with Gasteiger partial charge in [0, 0.05) is 6.42 Å². The maximum Gasteiger partial charge on any atom is 0.338 e. The lowest BCUT2D eigenvalue weighted by molar-refractivity contribution is -0.406. The smallest absolute Gasteiger partial charge is 0.338 e. The van der Waals surface area contributed by atoms with Gasteiger partial charge in [-0.15, -0.1) is 0 Å². The quantitative estimate of drug-likeness (QED) is 0.348. The first-order valence-corrected chi connectivity index (χ1v) is 14.4. The molecule has 3 aliphatic rings. The Bertz CT molecular complexity index is 1410. The average molecular weight is 607 g/mol. The summed E-state index contributed by atoms with van der Waals surface area (Å²) >= 11 is 0. The van der Waals surface area contributed by atoms with E-state index in [1.165, 1.54) is 7.11 Å². The molecule has 3 heterocycles. The molecule has 9 atom stereocenters. The molecule has 0 aromatic heterocycles. The Labute approximate surface area is 254 Å². The van der Waals surface area contributed by atoms with Gasteiger partial charge in [0.1, 0.15) is 24.4 Å². The summed E-state index contributed by atoms with van der Waals surface area (Å²) in [5.41, 5.74) is 1.89. The summed E-state index contributed by atoms with van der Waals surface area (Å²) in [5.74, 6) is -3.61. The first-order chi connectivity index (χ1) is 21.4. The number of methoxy groups -OCH3 is 1. The van der Waals surface area contributed by atoms with Crippen molar-refractivity contribution in [3.63, 3.8) is 0 Å². The SMILES string of the molecule is COC(=O)[C@H]1O[C@@H]2C[C@H]3OC(O)[C@@H](OC(=O)c4ccccc4)[C@H]3O[C@@]2(O)[C@@H](OCc2ccccc2)[C@@H]1OCc1ccccc1. The minimum atomic E-state index is -2.20. The summed E-state index contributed by atoms with van der Waals surface area (Å²) in [6.07, 6.45) is -9.63. The van der Waals surface area contributed by atoms with Crippen molar-refractivity contribution < 1.29 is 53.0 Å². The lowest BCUT2D eigenvalue weighted by Gasteiger charge is -2.54. The third kappa shape index (κ3) is 6.13. The van der Waals surface area contributed by atoms with Crippen LogP contribution >= 0.6 is 0 Å².